The van der Waals surface area contributed by atoms with E-state index in [0.717, 1.165) is 0 Å². The van der Waals surface area contributed by atoms with Gasteiger partial charge in [0.05, 0.1) is 18.0 Å². The van der Waals surface area contributed by atoms with Crippen molar-refractivity contribution in [2.45, 2.75) is 11.8 Å². The summed E-state index contributed by atoms with van der Waals surface area (Å²) in [6.45, 7) is 2.27. The van der Waals surface area contributed by atoms with Gasteiger partial charge in [-0.3, -0.25) is 14.3 Å². The lowest BCUT2D eigenvalue weighted by Crippen LogP contribution is -2.37. The van der Waals surface area contributed by atoms with Crippen molar-refractivity contribution in [1.82, 2.24) is 9.80 Å². The van der Waals surface area contributed by atoms with E-state index in [9.17, 15) is 18.0 Å². The summed E-state index contributed by atoms with van der Waals surface area (Å²) < 4.78 is 33.2. The molecule has 29 heavy (non-hydrogen) atoms. The van der Waals surface area contributed by atoms with Gasteiger partial charge in [-0.15, -0.1) is 0 Å². The standard InChI is InChI=1S/C20H25N3O5S/c1-5-28-17-11-9-16(10-12-17)21-29(26,27)18-8-6-7-15(13-18)20(25)23(4)14-19(24)22(2)3/h6-13,21H,5,14H2,1-4H3. The first kappa shape index (κ1) is 22.2. The summed E-state index contributed by atoms with van der Waals surface area (Å²) in [4.78, 5) is 26.9. The zero-order valence-corrected chi connectivity index (χ0v) is 17.7. The van der Waals surface area contributed by atoms with Gasteiger partial charge >= 0.3 is 0 Å². The van der Waals surface area contributed by atoms with E-state index >= 15 is 0 Å². The summed E-state index contributed by atoms with van der Waals surface area (Å²) in [5.74, 6) is -0.0431. The number of amides is 2. The summed E-state index contributed by atoms with van der Waals surface area (Å²) in [5.41, 5.74) is 0.549. The molecule has 0 saturated carbocycles. The van der Waals surface area contributed by atoms with Gasteiger partial charge in [-0.05, 0) is 49.4 Å². The van der Waals surface area contributed by atoms with Crippen molar-refractivity contribution < 1.29 is 22.7 Å². The highest BCUT2D eigenvalue weighted by Crippen LogP contribution is 2.20. The van der Waals surface area contributed by atoms with Crippen LogP contribution in [0.4, 0.5) is 5.69 Å². The van der Waals surface area contributed by atoms with Gasteiger partial charge in [-0.2, -0.15) is 0 Å². The maximum absolute atomic E-state index is 12.7. The molecule has 0 fully saturated rings. The summed E-state index contributed by atoms with van der Waals surface area (Å²) in [6, 6.07) is 12.2. The Hall–Kier alpha value is -3.07. The van der Waals surface area contributed by atoms with Gasteiger partial charge in [-0.1, -0.05) is 6.07 Å². The Morgan fingerprint density at radius 2 is 1.69 bits per heavy atom. The van der Waals surface area contributed by atoms with E-state index in [0.29, 0.717) is 18.0 Å². The van der Waals surface area contributed by atoms with Crippen molar-refractivity contribution in [3.63, 3.8) is 0 Å². The number of carbonyl (C=O) groups excluding carboxylic acids is 2. The van der Waals surface area contributed by atoms with Gasteiger partial charge in [0, 0.05) is 32.4 Å². The number of sulfonamides is 1. The average molecular weight is 420 g/mol. The molecule has 0 unspecified atom stereocenters. The topological polar surface area (TPSA) is 96.0 Å². The largest absolute Gasteiger partial charge is 0.494 e. The quantitative estimate of drug-likeness (QED) is 0.706. The van der Waals surface area contributed by atoms with E-state index in [4.69, 9.17) is 4.74 Å². The van der Waals surface area contributed by atoms with Gasteiger partial charge in [0.2, 0.25) is 5.91 Å². The Morgan fingerprint density at radius 1 is 1.03 bits per heavy atom. The minimum absolute atomic E-state index is 0.0513. The normalized spacial score (nSPS) is 10.9. The number of anilines is 1. The van der Waals surface area contributed by atoms with Crippen LogP contribution >= 0.6 is 0 Å². The fourth-order valence-corrected chi connectivity index (χ4v) is 3.54. The monoisotopic (exact) mass is 419 g/mol. The molecular weight excluding hydrogens is 394 g/mol. The molecule has 0 aliphatic heterocycles. The molecule has 2 rings (SSSR count). The van der Waals surface area contributed by atoms with Gasteiger partial charge < -0.3 is 14.5 Å². The van der Waals surface area contributed by atoms with Crippen molar-refractivity contribution in [3.05, 3.63) is 54.1 Å². The van der Waals surface area contributed by atoms with E-state index in [1.165, 1.54) is 41.1 Å². The number of hydrogen-bond acceptors (Lipinski definition) is 5. The second kappa shape index (κ2) is 9.42. The zero-order valence-electron chi connectivity index (χ0n) is 16.9. The highest BCUT2D eigenvalue weighted by atomic mass is 32.2. The number of rotatable bonds is 8. The van der Waals surface area contributed by atoms with Crippen LogP contribution in [0.25, 0.3) is 0 Å². The van der Waals surface area contributed by atoms with Gasteiger partial charge in [0.25, 0.3) is 15.9 Å². The number of carbonyl (C=O) groups is 2. The molecule has 0 bridgehead atoms. The van der Waals surface area contributed by atoms with Crippen LogP contribution in [0, 0.1) is 0 Å². The maximum Gasteiger partial charge on any atom is 0.261 e. The Balaban J connectivity index is 2.18. The number of hydrogen-bond donors (Lipinski definition) is 1. The van der Waals surface area contributed by atoms with Gasteiger partial charge in [0.1, 0.15) is 5.75 Å². The first-order valence-electron chi connectivity index (χ1n) is 8.95. The van der Waals surface area contributed by atoms with E-state index in [2.05, 4.69) is 4.72 Å². The molecule has 8 nitrogen and oxygen atoms in total. The van der Waals surface area contributed by atoms with Gasteiger partial charge in [-0.25, -0.2) is 8.42 Å². The van der Waals surface area contributed by atoms with Crippen molar-refractivity contribution in [2.75, 3.05) is 39.0 Å². The smallest absolute Gasteiger partial charge is 0.261 e. The Labute approximate surface area is 171 Å². The van der Waals surface area contributed by atoms with Crippen LogP contribution < -0.4 is 9.46 Å². The minimum atomic E-state index is -3.89. The van der Waals surface area contributed by atoms with E-state index in [1.54, 1.807) is 38.4 Å². The molecule has 1 N–H and O–H groups in total. The fourth-order valence-electron chi connectivity index (χ4n) is 2.43. The number of nitrogens with one attached hydrogen (secondary N) is 1. The average Bonchev–Trinajstić information content (AvgIpc) is 2.68. The van der Waals surface area contributed by atoms with Crippen molar-refractivity contribution in [2.24, 2.45) is 0 Å². The second-order valence-corrected chi connectivity index (χ2v) is 8.22. The Morgan fingerprint density at radius 3 is 2.28 bits per heavy atom. The van der Waals surface area contributed by atoms with Crippen molar-refractivity contribution >= 4 is 27.5 Å². The molecule has 9 heteroatoms. The highest BCUT2D eigenvalue weighted by Gasteiger charge is 2.20. The molecule has 2 aromatic carbocycles. The van der Waals surface area contributed by atoms with Crippen molar-refractivity contribution in [3.8, 4) is 5.75 Å². The lowest BCUT2D eigenvalue weighted by molar-refractivity contribution is -0.129. The van der Waals surface area contributed by atoms with Crippen LogP contribution in [-0.2, 0) is 14.8 Å². The third-order valence-electron chi connectivity index (χ3n) is 4.03. The molecule has 0 saturated heterocycles. The molecule has 0 radical (unpaired) electrons. The molecule has 156 valence electrons. The molecule has 0 atom stereocenters. The van der Waals surface area contributed by atoms with E-state index in [-0.39, 0.29) is 22.9 Å². The molecule has 0 spiro atoms. The van der Waals surface area contributed by atoms with Crippen LogP contribution in [0.5, 0.6) is 5.75 Å². The predicted octanol–water partition coefficient (Wildman–Crippen LogP) is 2.05. The van der Waals surface area contributed by atoms with Crippen LogP contribution in [0.15, 0.2) is 53.4 Å². The Kier molecular flexibility index (Phi) is 7.22. The third-order valence-corrected chi connectivity index (χ3v) is 5.41. The highest BCUT2D eigenvalue weighted by molar-refractivity contribution is 7.92. The maximum atomic E-state index is 12.7. The number of likely N-dealkylation sites (N-methyl/N-ethyl adjacent to an activating group) is 2. The lowest BCUT2D eigenvalue weighted by atomic mass is 10.2. The summed E-state index contributed by atoms with van der Waals surface area (Å²) in [6.07, 6.45) is 0. The zero-order chi connectivity index (χ0) is 21.6. The van der Waals surface area contributed by atoms with Crippen LogP contribution in [0.3, 0.4) is 0 Å². The molecule has 0 heterocycles. The number of benzene rings is 2. The molecular formula is C20H25N3O5S. The molecule has 0 aliphatic rings. The number of ether oxygens (including phenoxy) is 1. The fraction of sp³-hybridized carbons (Fsp3) is 0.300. The predicted molar refractivity (Wildman–Crippen MR) is 111 cm³/mol. The van der Waals surface area contributed by atoms with Crippen molar-refractivity contribution in [1.29, 1.82) is 0 Å². The van der Waals surface area contributed by atoms with Crippen LogP contribution in [-0.4, -0.2) is 64.3 Å². The molecule has 0 aliphatic carbocycles. The summed E-state index contributed by atoms with van der Waals surface area (Å²) in [5, 5.41) is 0. The lowest BCUT2D eigenvalue weighted by Gasteiger charge is -2.19. The van der Waals surface area contributed by atoms with Gasteiger partial charge in [0.15, 0.2) is 0 Å². The molecule has 0 aromatic heterocycles. The van der Waals surface area contributed by atoms with E-state index < -0.39 is 15.9 Å². The van der Waals surface area contributed by atoms with Crippen LogP contribution in [0.1, 0.15) is 17.3 Å². The second-order valence-electron chi connectivity index (χ2n) is 6.54. The Bertz CT molecular complexity index is 972. The summed E-state index contributed by atoms with van der Waals surface area (Å²) in [7, 11) is 0.791. The SMILES string of the molecule is CCOc1ccc(NS(=O)(=O)c2cccc(C(=O)N(C)CC(=O)N(C)C)c2)cc1. The number of nitrogens with zero attached hydrogens (tertiary/aromatic N) is 2. The third kappa shape index (κ3) is 5.95. The first-order valence-corrected chi connectivity index (χ1v) is 10.4. The van der Waals surface area contributed by atoms with E-state index in [1.807, 2.05) is 6.92 Å². The molecule has 2 aromatic rings. The molecule has 2 amide bonds. The minimum Gasteiger partial charge on any atom is -0.494 e. The van der Waals surface area contributed by atoms with Crippen LogP contribution in [0.2, 0.25) is 0 Å². The first-order chi connectivity index (χ1) is 13.6. The summed E-state index contributed by atoms with van der Waals surface area (Å²) >= 11 is 0.